The summed E-state index contributed by atoms with van der Waals surface area (Å²) in [6.07, 6.45) is 3.56. The van der Waals surface area contributed by atoms with E-state index in [1.165, 1.54) is 15.9 Å². The predicted molar refractivity (Wildman–Crippen MR) is 76.2 cm³/mol. The Morgan fingerprint density at radius 1 is 1.50 bits per heavy atom. The number of aliphatic imine (C=N–C) groups is 1. The Balaban J connectivity index is 2.28. The lowest BCUT2D eigenvalue weighted by atomic mass is 10.2. The second-order valence-electron chi connectivity index (χ2n) is 4.33. The predicted octanol–water partition coefficient (Wildman–Crippen LogP) is 1.48. The van der Waals surface area contributed by atoms with Crippen LogP contribution in [0, 0.1) is 0 Å². The molecule has 3 heterocycles. The number of fused-ring (bicyclic) bond motifs is 1. The number of hydrogen-bond donors (Lipinski definition) is 2. The van der Waals surface area contributed by atoms with E-state index in [9.17, 15) is 14.7 Å². The van der Waals surface area contributed by atoms with Gasteiger partial charge in [-0.3, -0.25) is 14.4 Å². The number of carboxylic acids is 1. The summed E-state index contributed by atoms with van der Waals surface area (Å²) in [5.41, 5.74) is 0.346. The molecule has 2 aromatic rings. The molecule has 0 spiro atoms. The van der Waals surface area contributed by atoms with Crippen LogP contribution < -0.4 is 5.56 Å². The number of nitrogens with zero attached hydrogens (tertiary/aromatic N) is 2. The molecule has 3 rings (SSSR count). The van der Waals surface area contributed by atoms with Gasteiger partial charge in [0.1, 0.15) is 5.56 Å². The van der Waals surface area contributed by atoms with Crippen LogP contribution >= 0.6 is 11.3 Å². The topological polar surface area (TPSA) is 91.9 Å². The van der Waals surface area contributed by atoms with Crippen molar-refractivity contribution in [3.63, 3.8) is 0 Å². The number of pyridine rings is 1. The summed E-state index contributed by atoms with van der Waals surface area (Å²) in [4.78, 5) is 27.4. The van der Waals surface area contributed by atoms with Crippen molar-refractivity contribution >= 4 is 33.7 Å². The van der Waals surface area contributed by atoms with Crippen LogP contribution in [0.2, 0.25) is 0 Å². The van der Waals surface area contributed by atoms with E-state index in [2.05, 4.69) is 4.99 Å². The molecule has 0 fully saturated rings. The minimum Gasteiger partial charge on any atom is -0.502 e. The van der Waals surface area contributed by atoms with Crippen molar-refractivity contribution in [3.8, 4) is 5.75 Å². The lowest BCUT2D eigenvalue weighted by Crippen LogP contribution is -2.23. The third-order valence-corrected chi connectivity index (χ3v) is 4.04. The summed E-state index contributed by atoms with van der Waals surface area (Å²) in [6.45, 7) is 0.846. The lowest BCUT2D eigenvalue weighted by Gasteiger charge is -2.10. The third kappa shape index (κ3) is 1.83. The second-order valence-corrected chi connectivity index (χ2v) is 5.24. The number of hydrogen-bond acceptors (Lipinski definition) is 5. The number of aromatic hydroxyl groups is 1. The zero-order valence-electron chi connectivity index (χ0n) is 10.2. The number of aromatic carboxylic acids is 1. The molecule has 0 aromatic carbocycles. The molecule has 0 atom stereocenters. The van der Waals surface area contributed by atoms with Crippen molar-refractivity contribution in [2.75, 3.05) is 6.54 Å². The average molecular weight is 290 g/mol. The molecule has 2 N–H and O–H groups in total. The molecule has 20 heavy (non-hydrogen) atoms. The Morgan fingerprint density at radius 3 is 2.95 bits per heavy atom. The molecule has 0 bridgehead atoms. The van der Waals surface area contributed by atoms with Gasteiger partial charge in [0.25, 0.3) is 5.56 Å². The lowest BCUT2D eigenvalue weighted by molar-refractivity contribution is 0.0695. The quantitative estimate of drug-likeness (QED) is 0.895. The van der Waals surface area contributed by atoms with E-state index in [0.717, 1.165) is 5.57 Å². The first kappa shape index (κ1) is 12.6. The fourth-order valence-corrected chi connectivity index (χ4v) is 3.12. The molecule has 0 aliphatic carbocycles. The van der Waals surface area contributed by atoms with Gasteiger partial charge in [-0.25, -0.2) is 4.79 Å². The molecule has 0 amide bonds. The summed E-state index contributed by atoms with van der Waals surface area (Å²) < 4.78 is 1.77. The van der Waals surface area contributed by atoms with E-state index in [1.807, 2.05) is 6.08 Å². The van der Waals surface area contributed by atoms with Gasteiger partial charge in [0.15, 0.2) is 5.75 Å². The van der Waals surface area contributed by atoms with Crippen LogP contribution in [0.15, 0.2) is 32.9 Å². The number of carboxylic acid groups (broad SMARTS) is 1. The molecule has 1 aliphatic rings. The third-order valence-electron chi connectivity index (χ3n) is 3.12. The molecular weight excluding hydrogens is 280 g/mol. The van der Waals surface area contributed by atoms with Gasteiger partial charge in [-0.1, -0.05) is 6.08 Å². The molecule has 102 valence electrons. The maximum atomic E-state index is 12.2. The van der Waals surface area contributed by atoms with Crippen LogP contribution in [0.5, 0.6) is 5.75 Å². The molecule has 0 radical (unpaired) electrons. The average Bonchev–Trinajstić information content (AvgIpc) is 3.05. The van der Waals surface area contributed by atoms with E-state index in [4.69, 9.17) is 5.11 Å². The highest BCUT2D eigenvalue weighted by atomic mass is 32.1. The molecule has 6 nitrogen and oxygen atoms in total. The maximum absolute atomic E-state index is 12.2. The van der Waals surface area contributed by atoms with Crippen molar-refractivity contribution in [1.82, 2.24) is 4.57 Å². The van der Waals surface area contributed by atoms with Crippen molar-refractivity contribution in [1.29, 1.82) is 0 Å². The zero-order valence-corrected chi connectivity index (χ0v) is 11.1. The number of aromatic nitrogens is 1. The fraction of sp³-hybridized carbons (Fsp3) is 0.154. The Hall–Kier alpha value is -2.41. The zero-order chi connectivity index (χ0) is 14.3. The van der Waals surface area contributed by atoms with Gasteiger partial charge in [0.2, 0.25) is 0 Å². The van der Waals surface area contributed by atoms with Gasteiger partial charge in [-0.15, -0.1) is 11.3 Å². The normalized spacial score (nSPS) is 13.9. The Kier molecular flexibility index (Phi) is 2.90. The number of allylic oxidation sites excluding steroid dienone is 1. The van der Waals surface area contributed by atoms with Crippen LogP contribution in [0.25, 0.3) is 10.2 Å². The number of rotatable bonds is 3. The van der Waals surface area contributed by atoms with Crippen molar-refractivity contribution in [3.05, 3.63) is 39.0 Å². The van der Waals surface area contributed by atoms with Gasteiger partial charge in [-0.05, 0) is 17.0 Å². The van der Waals surface area contributed by atoms with Gasteiger partial charge >= 0.3 is 5.97 Å². The molecule has 7 heteroatoms. The summed E-state index contributed by atoms with van der Waals surface area (Å²) in [5, 5.41) is 20.7. The minimum absolute atomic E-state index is 0.267. The number of carbonyl (C=O) groups is 1. The Bertz CT molecular complexity index is 829. The van der Waals surface area contributed by atoms with Crippen LogP contribution in [-0.2, 0) is 6.54 Å². The van der Waals surface area contributed by atoms with Crippen LogP contribution in [-0.4, -0.2) is 33.5 Å². The molecule has 0 unspecified atom stereocenters. The molecule has 2 aromatic heterocycles. The fourth-order valence-electron chi connectivity index (χ4n) is 2.19. The standard InChI is InChI=1S/C13H10N2O4S/c16-10-9(13(18)19)11-8(2-4-20-11)15(12(10)17)6-7-1-3-14-5-7/h1-2,4-5,16H,3,6H2,(H,18,19). The van der Waals surface area contributed by atoms with Crippen LogP contribution in [0.1, 0.15) is 10.4 Å². The van der Waals surface area contributed by atoms with Gasteiger partial charge in [0, 0.05) is 6.21 Å². The van der Waals surface area contributed by atoms with Crippen molar-refractivity contribution in [2.45, 2.75) is 6.54 Å². The van der Waals surface area contributed by atoms with Crippen LogP contribution in [0.3, 0.4) is 0 Å². The highest BCUT2D eigenvalue weighted by Gasteiger charge is 2.22. The van der Waals surface area contributed by atoms with Gasteiger partial charge in [0.05, 0.1) is 23.3 Å². The second kappa shape index (κ2) is 4.61. The number of thiophene rings is 1. The maximum Gasteiger partial charge on any atom is 0.341 e. The summed E-state index contributed by atoms with van der Waals surface area (Å²) in [5.74, 6) is -2.02. The van der Waals surface area contributed by atoms with E-state index in [1.54, 1.807) is 17.7 Å². The monoisotopic (exact) mass is 290 g/mol. The highest BCUT2D eigenvalue weighted by molar-refractivity contribution is 7.17. The molecule has 1 aliphatic heterocycles. The van der Waals surface area contributed by atoms with E-state index < -0.39 is 17.3 Å². The first-order valence-electron chi connectivity index (χ1n) is 5.84. The van der Waals surface area contributed by atoms with E-state index in [0.29, 0.717) is 16.8 Å². The van der Waals surface area contributed by atoms with Crippen molar-refractivity contribution in [2.24, 2.45) is 4.99 Å². The largest absolute Gasteiger partial charge is 0.502 e. The smallest absolute Gasteiger partial charge is 0.341 e. The Labute approximate surface area is 116 Å². The molecule has 0 saturated carbocycles. The SMILES string of the molecule is O=C(O)c1c(O)c(=O)n(CC2=CCN=C2)c2ccsc12. The molecule has 0 saturated heterocycles. The highest BCUT2D eigenvalue weighted by Crippen LogP contribution is 2.29. The van der Waals surface area contributed by atoms with Gasteiger partial charge < -0.3 is 10.2 Å². The van der Waals surface area contributed by atoms with E-state index in [-0.39, 0.29) is 12.1 Å². The van der Waals surface area contributed by atoms with Crippen LogP contribution in [0.4, 0.5) is 0 Å². The first-order valence-corrected chi connectivity index (χ1v) is 6.72. The summed E-state index contributed by atoms with van der Waals surface area (Å²) in [6, 6.07) is 1.68. The Morgan fingerprint density at radius 2 is 2.30 bits per heavy atom. The summed E-state index contributed by atoms with van der Waals surface area (Å²) in [7, 11) is 0. The van der Waals surface area contributed by atoms with Gasteiger partial charge in [-0.2, -0.15) is 0 Å². The molecular formula is C13H10N2O4S. The summed E-state index contributed by atoms with van der Waals surface area (Å²) >= 11 is 1.18. The van der Waals surface area contributed by atoms with Crippen molar-refractivity contribution < 1.29 is 15.0 Å². The first-order chi connectivity index (χ1) is 9.59. The van der Waals surface area contributed by atoms with E-state index >= 15 is 0 Å². The minimum atomic E-state index is -1.30.